The van der Waals surface area contributed by atoms with E-state index < -0.39 is 5.97 Å². The molecule has 1 heterocycles. The third-order valence-corrected chi connectivity index (χ3v) is 2.21. The molecule has 0 aliphatic rings. The Morgan fingerprint density at radius 3 is 2.60 bits per heavy atom. The highest BCUT2D eigenvalue weighted by Gasteiger charge is 2.20. The first-order valence-electron chi connectivity index (χ1n) is 5.07. The van der Waals surface area contributed by atoms with Gasteiger partial charge in [0.25, 0.3) is 0 Å². The van der Waals surface area contributed by atoms with E-state index in [2.05, 4.69) is 25.9 Å². The van der Waals surface area contributed by atoms with Crippen LogP contribution in [0.2, 0.25) is 0 Å². The summed E-state index contributed by atoms with van der Waals surface area (Å²) in [5.74, 6) is -0.789. The summed E-state index contributed by atoms with van der Waals surface area (Å²) in [5, 5.41) is 12.9. The van der Waals surface area contributed by atoms with E-state index in [9.17, 15) is 4.79 Å². The maximum absolute atomic E-state index is 10.5. The van der Waals surface area contributed by atoms with Crippen molar-refractivity contribution in [3.05, 3.63) is 17.5 Å². The van der Waals surface area contributed by atoms with Gasteiger partial charge in [-0.1, -0.05) is 20.8 Å². The monoisotopic (exact) mass is 210 g/mol. The number of carboxylic acids is 1. The van der Waals surface area contributed by atoms with Crippen molar-refractivity contribution in [1.82, 2.24) is 9.78 Å². The van der Waals surface area contributed by atoms with E-state index in [0.29, 0.717) is 6.54 Å². The number of aromatic nitrogens is 2. The lowest BCUT2D eigenvalue weighted by Crippen LogP contribution is -2.19. The predicted octanol–water partition coefficient (Wildman–Crippen LogP) is 1.96. The molecule has 0 atom stereocenters. The summed E-state index contributed by atoms with van der Waals surface area (Å²) in [7, 11) is 0. The second-order valence-corrected chi connectivity index (χ2v) is 4.79. The number of aryl methyl sites for hydroxylation is 2. The van der Waals surface area contributed by atoms with Crippen LogP contribution in [0.15, 0.2) is 6.07 Å². The van der Waals surface area contributed by atoms with Gasteiger partial charge in [0.05, 0.1) is 18.7 Å². The molecule has 0 radical (unpaired) electrons. The molecule has 0 saturated carbocycles. The second kappa shape index (κ2) is 4.04. The van der Waals surface area contributed by atoms with Crippen molar-refractivity contribution in [3.8, 4) is 0 Å². The summed E-state index contributed by atoms with van der Waals surface area (Å²) < 4.78 is 1.80. The van der Waals surface area contributed by atoms with Crippen LogP contribution in [-0.2, 0) is 16.8 Å². The van der Waals surface area contributed by atoms with E-state index in [-0.39, 0.29) is 11.8 Å². The van der Waals surface area contributed by atoms with Crippen LogP contribution in [0.3, 0.4) is 0 Å². The van der Waals surface area contributed by atoms with Crippen LogP contribution in [0, 0.1) is 6.92 Å². The molecular formula is C11H18N2O2. The molecule has 0 fully saturated rings. The predicted molar refractivity (Wildman–Crippen MR) is 57.9 cm³/mol. The Labute approximate surface area is 89.9 Å². The molecule has 1 N–H and O–H groups in total. The van der Waals surface area contributed by atoms with Crippen LogP contribution in [-0.4, -0.2) is 20.9 Å². The van der Waals surface area contributed by atoms with Crippen LogP contribution in [0.1, 0.15) is 38.6 Å². The maximum Gasteiger partial charge on any atom is 0.305 e. The van der Waals surface area contributed by atoms with Gasteiger partial charge >= 0.3 is 5.97 Å². The van der Waals surface area contributed by atoms with E-state index in [4.69, 9.17) is 5.11 Å². The van der Waals surface area contributed by atoms with E-state index in [1.54, 1.807) is 4.68 Å². The van der Waals surface area contributed by atoms with Gasteiger partial charge in [-0.3, -0.25) is 9.48 Å². The van der Waals surface area contributed by atoms with Crippen molar-refractivity contribution in [2.45, 2.75) is 46.1 Å². The summed E-state index contributed by atoms with van der Waals surface area (Å²) in [6, 6.07) is 2.02. The Kier molecular flexibility index (Phi) is 3.17. The minimum atomic E-state index is -0.789. The summed E-state index contributed by atoms with van der Waals surface area (Å²) >= 11 is 0. The number of rotatable bonds is 3. The minimum absolute atomic E-state index is 0.000235. The average Bonchev–Trinajstić information content (AvgIpc) is 2.42. The van der Waals surface area contributed by atoms with Crippen LogP contribution in [0.25, 0.3) is 0 Å². The van der Waals surface area contributed by atoms with Gasteiger partial charge in [0, 0.05) is 11.1 Å². The molecule has 1 aromatic rings. The zero-order chi connectivity index (χ0) is 11.6. The summed E-state index contributed by atoms with van der Waals surface area (Å²) in [5.41, 5.74) is 2.02. The molecule has 15 heavy (non-hydrogen) atoms. The van der Waals surface area contributed by atoms with Crippen LogP contribution in [0.4, 0.5) is 0 Å². The second-order valence-electron chi connectivity index (χ2n) is 4.79. The van der Waals surface area contributed by atoms with E-state index >= 15 is 0 Å². The van der Waals surface area contributed by atoms with Gasteiger partial charge in [-0.2, -0.15) is 5.10 Å². The molecule has 0 spiro atoms. The molecule has 0 aliphatic heterocycles. The zero-order valence-electron chi connectivity index (χ0n) is 9.74. The molecule has 4 heteroatoms. The van der Waals surface area contributed by atoms with Crippen molar-refractivity contribution in [1.29, 1.82) is 0 Å². The Morgan fingerprint density at radius 1 is 1.53 bits per heavy atom. The topological polar surface area (TPSA) is 55.1 Å². The normalized spacial score (nSPS) is 11.7. The van der Waals surface area contributed by atoms with Crippen molar-refractivity contribution in [2.24, 2.45) is 0 Å². The number of carbonyl (C=O) groups is 1. The van der Waals surface area contributed by atoms with E-state index in [1.165, 1.54) is 0 Å². The molecular weight excluding hydrogens is 192 g/mol. The quantitative estimate of drug-likeness (QED) is 0.829. The number of aliphatic carboxylic acids is 1. The molecule has 4 nitrogen and oxygen atoms in total. The average molecular weight is 210 g/mol. The molecule has 84 valence electrons. The molecule has 0 bridgehead atoms. The lowest BCUT2D eigenvalue weighted by Gasteiger charge is -2.19. The Bertz CT molecular complexity index is 361. The number of nitrogens with zero attached hydrogens (tertiary/aromatic N) is 2. The highest BCUT2D eigenvalue weighted by Crippen LogP contribution is 2.23. The Balaban J connectivity index is 2.91. The highest BCUT2D eigenvalue weighted by atomic mass is 16.4. The molecule has 0 saturated heterocycles. The van der Waals surface area contributed by atoms with Crippen LogP contribution >= 0.6 is 0 Å². The van der Waals surface area contributed by atoms with Gasteiger partial charge in [-0.25, -0.2) is 0 Å². The maximum atomic E-state index is 10.5. The standard InChI is InChI=1S/C11H18N2O2/c1-8-7-9(11(2,3)4)13(12-8)6-5-10(14)15/h7H,5-6H2,1-4H3,(H,14,15). The van der Waals surface area contributed by atoms with Crippen molar-refractivity contribution < 1.29 is 9.90 Å². The highest BCUT2D eigenvalue weighted by molar-refractivity contribution is 5.66. The van der Waals surface area contributed by atoms with Crippen molar-refractivity contribution >= 4 is 5.97 Å². The molecule has 0 unspecified atom stereocenters. The van der Waals surface area contributed by atoms with Crippen LogP contribution < -0.4 is 0 Å². The molecule has 1 rings (SSSR count). The zero-order valence-corrected chi connectivity index (χ0v) is 9.74. The van der Waals surface area contributed by atoms with Gasteiger partial charge < -0.3 is 5.11 Å². The number of hydrogen-bond acceptors (Lipinski definition) is 2. The smallest absolute Gasteiger partial charge is 0.305 e. The van der Waals surface area contributed by atoms with Crippen molar-refractivity contribution in [2.75, 3.05) is 0 Å². The minimum Gasteiger partial charge on any atom is -0.481 e. The Hall–Kier alpha value is -1.32. The first-order valence-corrected chi connectivity index (χ1v) is 5.07. The summed E-state index contributed by atoms with van der Waals surface area (Å²) in [6.45, 7) is 8.66. The van der Waals surface area contributed by atoms with Crippen molar-refractivity contribution in [3.63, 3.8) is 0 Å². The first-order chi connectivity index (χ1) is 6.80. The van der Waals surface area contributed by atoms with Crippen LogP contribution in [0.5, 0.6) is 0 Å². The SMILES string of the molecule is Cc1cc(C(C)(C)C)n(CCC(=O)O)n1. The third kappa shape index (κ3) is 3.08. The van der Waals surface area contributed by atoms with E-state index in [0.717, 1.165) is 11.4 Å². The van der Waals surface area contributed by atoms with Gasteiger partial charge in [0.15, 0.2) is 0 Å². The number of carboxylic acid groups (broad SMARTS) is 1. The largest absolute Gasteiger partial charge is 0.481 e. The third-order valence-electron chi connectivity index (χ3n) is 2.21. The van der Waals surface area contributed by atoms with Gasteiger partial charge in [-0.05, 0) is 13.0 Å². The van der Waals surface area contributed by atoms with Gasteiger partial charge in [-0.15, -0.1) is 0 Å². The molecule has 1 aromatic heterocycles. The molecule has 0 aliphatic carbocycles. The lowest BCUT2D eigenvalue weighted by molar-refractivity contribution is -0.137. The summed E-state index contributed by atoms with van der Waals surface area (Å²) in [4.78, 5) is 10.5. The summed E-state index contributed by atoms with van der Waals surface area (Å²) in [6.07, 6.45) is 0.115. The first kappa shape index (κ1) is 11.8. The van der Waals surface area contributed by atoms with E-state index in [1.807, 2.05) is 13.0 Å². The Morgan fingerprint density at radius 2 is 2.13 bits per heavy atom. The van der Waals surface area contributed by atoms with Gasteiger partial charge in [0.1, 0.15) is 0 Å². The molecule has 0 aromatic carbocycles. The fourth-order valence-corrected chi connectivity index (χ4v) is 1.52. The lowest BCUT2D eigenvalue weighted by atomic mass is 9.92. The molecule has 0 amide bonds. The van der Waals surface area contributed by atoms with Gasteiger partial charge in [0.2, 0.25) is 0 Å². The number of hydrogen-bond donors (Lipinski definition) is 1. The fourth-order valence-electron chi connectivity index (χ4n) is 1.52. The fraction of sp³-hybridized carbons (Fsp3) is 0.636.